The van der Waals surface area contributed by atoms with Gasteiger partial charge in [-0.05, 0) is 78.2 Å². The van der Waals surface area contributed by atoms with Crippen molar-refractivity contribution < 1.29 is 0 Å². The third-order valence-electron chi connectivity index (χ3n) is 7.23. The highest BCUT2D eigenvalue weighted by Gasteiger charge is 2.17. The lowest BCUT2D eigenvalue weighted by Crippen LogP contribution is -1.98. The molecule has 0 fully saturated rings. The number of rotatable bonds is 3. The van der Waals surface area contributed by atoms with E-state index in [-0.39, 0.29) is 0 Å². The summed E-state index contributed by atoms with van der Waals surface area (Å²) >= 11 is 1.80. The number of imidazole rings is 1. The van der Waals surface area contributed by atoms with E-state index in [2.05, 4.69) is 124 Å². The molecule has 0 aliphatic carbocycles. The van der Waals surface area contributed by atoms with E-state index in [1.54, 1.807) is 11.3 Å². The molecule has 0 atom stereocenters. The molecule has 8 rings (SSSR count). The lowest BCUT2D eigenvalue weighted by Gasteiger charge is -2.11. The van der Waals surface area contributed by atoms with Crippen LogP contribution in [0.25, 0.3) is 65.7 Å². The van der Waals surface area contributed by atoms with Crippen molar-refractivity contribution in [3.63, 3.8) is 0 Å². The monoisotopic (exact) mass is 491 g/mol. The van der Waals surface area contributed by atoms with Crippen LogP contribution in [0.5, 0.6) is 0 Å². The van der Waals surface area contributed by atoms with E-state index in [1.807, 2.05) is 12.1 Å². The number of benzene rings is 5. The summed E-state index contributed by atoms with van der Waals surface area (Å²) in [6, 6.07) is 43.1. The zero-order valence-corrected chi connectivity index (χ0v) is 20.7. The minimum atomic E-state index is 0.946. The molecule has 0 N–H and O–H groups in total. The molecular formula is C33H21N3S. The predicted molar refractivity (Wildman–Crippen MR) is 156 cm³/mol. The third-order valence-corrected chi connectivity index (χ3v) is 8.11. The van der Waals surface area contributed by atoms with Gasteiger partial charge in [0.15, 0.2) is 0 Å². The first-order valence-electron chi connectivity index (χ1n) is 12.4. The fraction of sp³-hybridized carbons (Fsp3) is 0. The van der Waals surface area contributed by atoms with E-state index < -0.39 is 0 Å². The number of aromatic nitrogens is 3. The second-order valence-corrected chi connectivity index (χ2v) is 10.2. The van der Waals surface area contributed by atoms with Crippen molar-refractivity contribution in [1.82, 2.24) is 14.1 Å². The number of thiophene rings is 1. The smallest absolute Gasteiger partial charge is 0.145 e. The number of hydrogen-bond donors (Lipinski definition) is 0. The highest BCUT2D eigenvalue weighted by molar-refractivity contribution is 7.17. The van der Waals surface area contributed by atoms with Crippen molar-refractivity contribution in [2.75, 3.05) is 0 Å². The van der Waals surface area contributed by atoms with Crippen LogP contribution in [0.15, 0.2) is 127 Å². The van der Waals surface area contributed by atoms with E-state index in [1.165, 1.54) is 31.9 Å². The average molecular weight is 492 g/mol. The minimum Gasteiger partial charge on any atom is -0.309 e. The summed E-state index contributed by atoms with van der Waals surface area (Å²) in [4.78, 5) is 5.04. The highest BCUT2D eigenvalue weighted by Crippen LogP contribution is 2.38. The molecule has 0 saturated heterocycles. The Kier molecular flexibility index (Phi) is 4.39. The van der Waals surface area contributed by atoms with E-state index in [9.17, 15) is 0 Å². The van der Waals surface area contributed by atoms with E-state index in [0.717, 1.165) is 33.8 Å². The Morgan fingerprint density at radius 1 is 0.514 bits per heavy atom. The van der Waals surface area contributed by atoms with Crippen LogP contribution in [0.2, 0.25) is 0 Å². The van der Waals surface area contributed by atoms with Crippen molar-refractivity contribution in [2.24, 2.45) is 0 Å². The molecule has 4 heteroatoms. The summed E-state index contributed by atoms with van der Waals surface area (Å²) in [5, 5.41) is 6.12. The first-order chi connectivity index (χ1) is 18.4. The molecule has 0 radical (unpaired) electrons. The molecule has 0 bridgehead atoms. The summed E-state index contributed by atoms with van der Waals surface area (Å²) in [7, 11) is 0. The molecule has 37 heavy (non-hydrogen) atoms. The molecule has 0 saturated carbocycles. The lowest BCUT2D eigenvalue weighted by atomic mass is 10.1. The molecule has 8 aromatic rings. The fourth-order valence-electron chi connectivity index (χ4n) is 5.61. The van der Waals surface area contributed by atoms with Crippen LogP contribution in [0.4, 0.5) is 0 Å². The number of fused-ring (bicyclic) bond motifs is 6. The maximum absolute atomic E-state index is 5.04. The summed E-state index contributed by atoms with van der Waals surface area (Å²) in [6.07, 6.45) is 0. The van der Waals surface area contributed by atoms with Crippen LogP contribution >= 0.6 is 11.3 Å². The summed E-state index contributed by atoms with van der Waals surface area (Å²) in [6.45, 7) is 0. The summed E-state index contributed by atoms with van der Waals surface area (Å²) < 4.78 is 5.95. The SMILES string of the molecule is c1ccc(-n2c(-c3ccc(-n4c5ccccc5c5c6ccsc6ccc54)cc3)nc3ccccc32)cc1. The van der Waals surface area contributed by atoms with Gasteiger partial charge in [0.25, 0.3) is 0 Å². The van der Waals surface area contributed by atoms with Crippen molar-refractivity contribution >= 4 is 54.3 Å². The minimum absolute atomic E-state index is 0.946. The van der Waals surface area contributed by atoms with Gasteiger partial charge in [-0.3, -0.25) is 4.57 Å². The Hall–Kier alpha value is -4.67. The van der Waals surface area contributed by atoms with Crippen LogP contribution in [0.3, 0.4) is 0 Å². The van der Waals surface area contributed by atoms with Crippen molar-refractivity contribution in [2.45, 2.75) is 0 Å². The van der Waals surface area contributed by atoms with E-state index in [4.69, 9.17) is 4.98 Å². The molecule has 0 aliphatic heterocycles. The molecular weight excluding hydrogens is 470 g/mol. The zero-order valence-electron chi connectivity index (χ0n) is 19.9. The molecule has 0 aliphatic rings. The van der Waals surface area contributed by atoms with Crippen LogP contribution in [-0.2, 0) is 0 Å². The van der Waals surface area contributed by atoms with Crippen molar-refractivity contribution in [1.29, 1.82) is 0 Å². The Bertz CT molecular complexity index is 2080. The van der Waals surface area contributed by atoms with Crippen LogP contribution in [0, 0.1) is 0 Å². The third kappa shape index (κ3) is 3.03. The maximum Gasteiger partial charge on any atom is 0.145 e. The van der Waals surface area contributed by atoms with Crippen molar-refractivity contribution in [3.05, 3.63) is 127 Å². The Balaban J connectivity index is 1.34. The highest BCUT2D eigenvalue weighted by atomic mass is 32.1. The second kappa shape index (κ2) is 7.92. The molecule has 3 nitrogen and oxygen atoms in total. The average Bonchev–Trinajstić information content (AvgIpc) is 3.67. The standard InChI is InChI=1S/C33H21N3S/c1-2-8-23(9-3-1)36-29-13-7-5-11-27(29)34-33(36)22-14-16-24(17-15-22)35-28-12-6-4-10-25(28)32-26-20-21-37-31(26)19-18-30(32)35/h1-21H. The van der Waals surface area contributed by atoms with Gasteiger partial charge in [0.2, 0.25) is 0 Å². The van der Waals surface area contributed by atoms with Crippen LogP contribution in [-0.4, -0.2) is 14.1 Å². The van der Waals surface area contributed by atoms with Gasteiger partial charge in [-0.15, -0.1) is 11.3 Å². The summed E-state index contributed by atoms with van der Waals surface area (Å²) in [5.41, 5.74) is 7.90. The largest absolute Gasteiger partial charge is 0.309 e. The van der Waals surface area contributed by atoms with Gasteiger partial charge in [-0.25, -0.2) is 4.98 Å². The topological polar surface area (TPSA) is 22.8 Å². The second-order valence-electron chi connectivity index (χ2n) is 9.29. The van der Waals surface area contributed by atoms with Gasteiger partial charge in [-0.1, -0.05) is 48.5 Å². The number of nitrogens with zero attached hydrogens (tertiary/aromatic N) is 3. The summed E-state index contributed by atoms with van der Waals surface area (Å²) in [5.74, 6) is 0.946. The molecule has 0 unspecified atom stereocenters. The molecule has 3 aromatic heterocycles. The first-order valence-corrected chi connectivity index (χ1v) is 13.3. The van der Waals surface area contributed by atoms with Gasteiger partial charge >= 0.3 is 0 Å². The number of hydrogen-bond acceptors (Lipinski definition) is 2. The molecule has 0 amide bonds. The van der Waals surface area contributed by atoms with Crippen molar-refractivity contribution in [3.8, 4) is 22.8 Å². The quantitative estimate of drug-likeness (QED) is 0.242. The van der Waals surface area contributed by atoms with Gasteiger partial charge in [0.1, 0.15) is 5.82 Å². The van der Waals surface area contributed by atoms with Crippen LogP contribution < -0.4 is 0 Å². The Morgan fingerprint density at radius 2 is 1.24 bits per heavy atom. The van der Waals surface area contributed by atoms with Gasteiger partial charge in [0.05, 0.1) is 22.1 Å². The molecule has 0 spiro atoms. The Labute approximate surface area is 217 Å². The number of para-hydroxylation sites is 4. The van der Waals surface area contributed by atoms with E-state index in [0.29, 0.717) is 0 Å². The first kappa shape index (κ1) is 20.5. The van der Waals surface area contributed by atoms with Gasteiger partial charge in [-0.2, -0.15) is 0 Å². The van der Waals surface area contributed by atoms with Gasteiger partial charge in [0, 0.05) is 37.8 Å². The fourth-order valence-corrected chi connectivity index (χ4v) is 6.40. The normalized spacial score (nSPS) is 11.8. The Morgan fingerprint density at radius 3 is 2.11 bits per heavy atom. The molecule has 3 heterocycles. The molecule has 174 valence electrons. The zero-order chi connectivity index (χ0) is 24.3. The van der Waals surface area contributed by atoms with Crippen LogP contribution in [0.1, 0.15) is 0 Å². The maximum atomic E-state index is 5.04. The molecule has 5 aromatic carbocycles. The predicted octanol–water partition coefficient (Wildman–Crippen LogP) is 9.00. The van der Waals surface area contributed by atoms with Gasteiger partial charge < -0.3 is 4.57 Å². The lowest BCUT2D eigenvalue weighted by molar-refractivity contribution is 1.10. The van der Waals surface area contributed by atoms with E-state index >= 15 is 0 Å².